The summed E-state index contributed by atoms with van der Waals surface area (Å²) in [6, 6.07) is 9.05. The second kappa shape index (κ2) is 7.98. The van der Waals surface area contributed by atoms with Gasteiger partial charge in [0.1, 0.15) is 28.5 Å². The lowest BCUT2D eigenvalue weighted by Crippen LogP contribution is -2.34. The van der Waals surface area contributed by atoms with Gasteiger partial charge in [-0.15, -0.1) is 0 Å². The minimum absolute atomic E-state index is 0.196. The van der Waals surface area contributed by atoms with Gasteiger partial charge in [0.05, 0.1) is 28.8 Å². The van der Waals surface area contributed by atoms with Crippen molar-refractivity contribution < 1.29 is 30.9 Å². The SMILES string of the molecule is Cc1c(C)c(F)c2c(oc3cc(F)ccc32)c1-c1c2ccc(CC(C)(C)C(F)(F)F)cc2nc[n+]1C. The highest BCUT2D eigenvalue weighted by molar-refractivity contribution is 6.12. The summed E-state index contributed by atoms with van der Waals surface area (Å²) in [6.45, 7) is 5.81. The van der Waals surface area contributed by atoms with Crippen molar-refractivity contribution in [1.82, 2.24) is 4.98 Å². The molecular weight excluding hydrogens is 475 g/mol. The van der Waals surface area contributed by atoms with Crippen molar-refractivity contribution in [1.29, 1.82) is 0 Å². The fourth-order valence-corrected chi connectivity index (χ4v) is 4.77. The van der Waals surface area contributed by atoms with E-state index in [1.54, 1.807) is 50.0 Å². The Balaban J connectivity index is 1.80. The molecule has 186 valence electrons. The number of hydrogen-bond donors (Lipinski definition) is 0. The van der Waals surface area contributed by atoms with Gasteiger partial charge >= 0.3 is 6.18 Å². The van der Waals surface area contributed by atoms with Crippen LogP contribution >= 0.6 is 0 Å². The van der Waals surface area contributed by atoms with E-state index in [1.807, 2.05) is 0 Å². The third-order valence-electron chi connectivity index (χ3n) is 7.06. The van der Waals surface area contributed by atoms with Crippen molar-refractivity contribution >= 4 is 32.8 Å². The smallest absolute Gasteiger partial charge is 0.394 e. The summed E-state index contributed by atoms with van der Waals surface area (Å²) in [4.78, 5) is 4.45. The Morgan fingerprint density at radius 3 is 2.33 bits per heavy atom. The molecule has 2 heterocycles. The fraction of sp³-hybridized carbons (Fsp3) is 0.286. The third kappa shape index (κ3) is 3.62. The number of fused-ring (bicyclic) bond motifs is 4. The van der Waals surface area contributed by atoms with Crippen LogP contribution in [0.5, 0.6) is 0 Å². The Morgan fingerprint density at radius 2 is 1.64 bits per heavy atom. The largest absolute Gasteiger partial charge is 0.455 e. The minimum atomic E-state index is -4.35. The monoisotopic (exact) mass is 499 g/mol. The second-order valence-electron chi connectivity index (χ2n) is 10.00. The number of aryl methyl sites for hydroxylation is 1. The van der Waals surface area contributed by atoms with Crippen molar-refractivity contribution in [2.45, 2.75) is 40.3 Å². The first kappa shape index (κ1) is 24.2. The Labute approximate surface area is 204 Å². The van der Waals surface area contributed by atoms with Crippen LogP contribution in [0.1, 0.15) is 30.5 Å². The van der Waals surface area contributed by atoms with E-state index in [2.05, 4.69) is 4.98 Å². The number of aromatic nitrogens is 2. The number of alkyl halides is 3. The fourth-order valence-electron chi connectivity index (χ4n) is 4.77. The van der Waals surface area contributed by atoms with Gasteiger partial charge in [0.15, 0.2) is 5.52 Å². The molecule has 3 nitrogen and oxygen atoms in total. The van der Waals surface area contributed by atoms with Gasteiger partial charge in [0.25, 0.3) is 6.33 Å². The molecule has 0 aliphatic heterocycles. The van der Waals surface area contributed by atoms with Gasteiger partial charge in [-0.3, -0.25) is 0 Å². The molecular formula is C28H24F5N2O+. The molecule has 0 N–H and O–H groups in total. The van der Waals surface area contributed by atoms with Crippen molar-refractivity contribution in [3.63, 3.8) is 0 Å². The van der Waals surface area contributed by atoms with Crippen molar-refractivity contribution in [2.75, 3.05) is 0 Å². The molecule has 5 rings (SSSR count). The van der Waals surface area contributed by atoms with Crippen LogP contribution in [0.15, 0.2) is 47.1 Å². The minimum Gasteiger partial charge on any atom is -0.455 e. The number of hydrogen-bond acceptors (Lipinski definition) is 2. The second-order valence-corrected chi connectivity index (χ2v) is 10.00. The molecule has 2 aromatic heterocycles. The quantitative estimate of drug-likeness (QED) is 0.189. The molecule has 8 heteroatoms. The zero-order valence-corrected chi connectivity index (χ0v) is 20.4. The molecule has 0 radical (unpaired) electrons. The summed E-state index contributed by atoms with van der Waals surface area (Å²) in [5, 5.41) is 1.40. The van der Waals surface area contributed by atoms with Crippen LogP contribution in [0.2, 0.25) is 0 Å². The van der Waals surface area contributed by atoms with Crippen LogP contribution in [-0.2, 0) is 13.5 Å². The van der Waals surface area contributed by atoms with E-state index in [0.29, 0.717) is 44.2 Å². The highest BCUT2D eigenvalue weighted by Crippen LogP contribution is 2.43. The molecule has 0 spiro atoms. The highest BCUT2D eigenvalue weighted by Gasteiger charge is 2.47. The average Bonchev–Trinajstić information content (AvgIpc) is 3.16. The molecule has 0 unspecified atom stereocenters. The molecule has 0 fully saturated rings. The first-order chi connectivity index (χ1) is 16.8. The normalized spacial score (nSPS) is 12.8. The van der Waals surface area contributed by atoms with Crippen LogP contribution in [0.3, 0.4) is 0 Å². The summed E-state index contributed by atoms with van der Waals surface area (Å²) in [5.41, 5.74) is 2.00. The number of halogens is 5. The Morgan fingerprint density at radius 1 is 0.944 bits per heavy atom. The number of benzene rings is 3. The van der Waals surface area contributed by atoms with Crippen LogP contribution in [0.25, 0.3) is 44.1 Å². The lowest BCUT2D eigenvalue weighted by molar-refractivity contribution is -0.662. The zero-order valence-electron chi connectivity index (χ0n) is 20.4. The first-order valence-electron chi connectivity index (χ1n) is 11.4. The maximum absolute atomic E-state index is 15.5. The summed E-state index contributed by atoms with van der Waals surface area (Å²) in [7, 11) is 1.79. The van der Waals surface area contributed by atoms with E-state index in [0.717, 1.165) is 0 Å². The molecule has 3 aromatic carbocycles. The van der Waals surface area contributed by atoms with Crippen molar-refractivity contribution in [3.05, 3.63) is 71.1 Å². The Bertz CT molecular complexity index is 1680. The summed E-state index contributed by atoms with van der Waals surface area (Å²) < 4.78 is 77.6. The van der Waals surface area contributed by atoms with E-state index in [4.69, 9.17) is 4.42 Å². The van der Waals surface area contributed by atoms with E-state index in [1.165, 1.54) is 32.0 Å². The first-order valence-corrected chi connectivity index (χ1v) is 11.4. The van der Waals surface area contributed by atoms with Crippen molar-refractivity contribution in [3.8, 4) is 11.3 Å². The average molecular weight is 500 g/mol. The topological polar surface area (TPSA) is 29.9 Å². The van der Waals surface area contributed by atoms with Gasteiger partial charge in [-0.05, 0) is 66.2 Å². The molecule has 0 amide bonds. The molecule has 0 saturated heterocycles. The van der Waals surface area contributed by atoms with Gasteiger partial charge in [-0.25, -0.2) is 13.3 Å². The van der Waals surface area contributed by atoms with E-state index in [-0.39, 0.29) is 23.0 Å². The highest BCUT2D eigenvalue weighted by atomic mass is 19.4. The van der Waals surface area contributed by atoms with E-state index in [9.17, 15) is 17.6 Å². The number of furan rings is 1. The predicted molar refractivity (Wildman–Crippen MR) is 129 cm³/mol. The summed E-state index contributed by atoms with van der Waals surface area (Å²) in [5.74, 6) is -0.930. The molecule has 36 heavy (non-hydrogen) atoms. The van der Waals surface area contributed by atoms with E-state index < -0.39 is 23.2 Å². The molecule has 0 bridgehead atoms. The van der Waals surface area contributed by atoms with E-state index >= 15 is 4.39 Å². The number of nitrogens with zero attached hydrogens (tertiary/aromatic N) is 2. The van der Waals surface area contributed by atoms with Gasteiger partial charge in [-0.1, -0.05) is 19.9 Å². The third-order valence-corrected chi connectivity index (χ3v) is 7.06. The van der Waals surface area contributed by atoms with Gasteiger partial charge in [0, 0.05) is 11.5 Å². The molecule has 0 aliphatic rings. The summed E-state index contributed by atoms with van der Waals surface area (Å²) >= 11 is 0. The van der Waals surface area contributed by atoms with Gasteiger partial charge < -0.3 is 4.42 Å². The summed E-state index contributed by atoms with van der Waals surface area (Å²) in [6.07, 6.45) is -2.97. The van der Waals surface area contributed by atoms with Crippen LogP contribution in [-0.4, -0.2) is 11.2 Å². The van der Waals surface area contributed by atoms with Crippen molar-refractivity contribution in [2.24, 2.45) is 12.5 Å². The zero-order chi connectivity index (χ0) is 26.2. The Kier molecular flexibility index (Phi) is 5.36. The lowest BCUT2D eigenvalue weighted by Gasteiger charge is -2.27. The van der Waals surface area contributed by atoms with Crippen LogP contribution in [0, 0.1) is 30.9 Å². The maximum Gasteiger partial charge on any atom is 0.394 e. The molecule has 0 aliphatic carbocycles. The Hall–Kier alpha value is -3.55. The van der Waals surface area contributed by atoms with Gasteiger partial charge in [-0.2, -0.15) is 13.2 Å². The molecule has 5 aromatic rings. The molecule has 0 atom stereocenters. The lowest BCUT2D eigenvalue weighted by atomic mass is 9.84. The van der Waals surface area contributed by atoms with Gasteiger partial charge in [0.2, 0.25) is 0 Å². The van der Waals surface area contributed by atoms with Crippen LogP contribution < -0.4 is 4.57 Å². The number of rotatable bonds is 3. The molecule has 0 saturated carbocycles. The maximum atomic E-state index is 15.5. The standard InChI is InChI=1S/C28H24F5N2O/c1-14-15(2)24(30)23-19-9-7-17(29)11-21(19)36-26(23)22(14)25-18-8-6-16(10-20(18)34-13-35(25)5)12-27(3,4)28(31,32)33/h6-11,13H,12H2,1-5H3/q+1. The predicted octanol–water partition coefficient (Wildman–Crippen LogP) is 7.65. The van der Waals surface area contributed by atoms with Crippen LogP contribution in [0.4, 0.5) is 22.0 Å².